The molecule has 13 heavy (non-hydrogen) atoms. The molecule has 0 spiro atoms. The van der Waals surface area contributed by atoms with Gasteiger partial charge in [0.05, 0.1) is 4.92 Å². The van der Waals surface area contributed by atoms with Gasteiger partial charge >= 0.3 is 0 Å². The van der Waals surface area contributed by atoms with E-state index < -0.39 is 4.92 Å². The van der Waals surface area contributed by atoms with Gasteiger partial charge in [-0.3, -0.25) is 14.9 Å². The first-order chi connectivity index (χ1) is 6.11. The Morgan fingerprint density at radius 2 is 2.08 bits per heavy atom. The number of nitro groups is 1. The predicted molar refractivity (Wildman–Crippen MR) is 46.5 cm³/mol. The van der Waals surface area contributed by atoms with E-state index in [9.17, 15) is 10.1 Å². The van der Waals surface area contributed by atoms with Crippen molar-refractivity contribution in [3.05, 3.63) is 39.9 Å². The van der Waals surface area contributed by atoms with Crippen LogP contribution in [0, 0.1) is 17.0 Å². The Bertz CT molecular complexity index is 298. The van der Waals surface area contributed by atoms with Gasteiger partial charge in [0.25, 0.3) is 12.2 Å². The molecule has 5 nitrogen and oxygen atoms in total. The van der Waals surface area contributed by atoms with Crippen LogP contribution in [-0.4, -0.2) is 16.5 Å². The molecule has 0 saturated carbocycles. The lowest BCUT2D eigenvalue weighted by Crippen LogP contribution is -1.86. The van der Waals surface area contributed by atoms with Gasteiger partial charge < -0.3 is 5.11 Å². The molecule has 0 amide bonds. The third-order valence-electron chi connectivity index (χ3n) is 1.21. The number of nitrogens with zero attached hydrogens (tertiary/aromatic N) is 1. The summed E-state index contributed by atoms with van der Waals surface area (Å²) in [7, 11) is 0. The fraction of sp³-hybridized carbons (Fsp3) is 0.125. The number of non-ortho nitro benzene ring substituents is 1. The number of hydrogen-bond acceptors (Lipinski definition) is 3. The Balaban J connectivity index is 0.000000424. The molecule has 0 fully saturated rings. The van der Waals surface area contributed by atoms with Crippen molar-refractivity contribution in [3.63, 3.8) is 0 Å². The molecule has 0 aliphatic rings. The van der Waals surface area contributed by atoms with E-state index in [0.717, 1.165) is 5.56 Å². The van der Waals surface area contributed by atoms with E-state index in [1.165, 1.54) is 6.07 Å². The average molecular weight is 183 g/mol. The highest BCUT2D eigenvalue weighted by atomic mass is 16.6. The number of hydrogen-bond donors (Lipinski definition) is 1. The van der Waals surface area contributed by atoms with Gasteiger partial charge in [-0.15, -0.1) is 0 Å². The van der Waals surface area contributed by atoms with Crippen LogP contribution in [0.15, 0.2) is 24.3 Å². The summed E-state index contributed by atoms with van der Waals surface area (Å²) in [4.78, 5) is 18.1. The largest absolute Gasteiger partial charge is 0.483 e. The summed E-state index contributed by atoms with van der Waals surface area (Å²) in [5.41, 5.74) is 1.06. The Labute approximate surface area is 74.8 Å². The van der Waals surface area contributed by atoms with Gasteiger partial charge in [0.2, 0.25) is 0 Å². The van der Waals surface area contributed by atoms with E-state index in [-0.39, 0.29) is 12.2 Å². The molecule has 0 bridgehead atoms. The van der Waals surface area contributed by atoms with Gasteiger partial charge in [0.1, 0.15) is 0 Å². The van der Waals surface area contributed by atoms with Crippen LogP contribution >= 0.6 is 0 Å². The van der Waals surface area contributed by atoms with Crippen LogP contribution < -0.4 is 0 Å². The van der Waals surface area contributed by atoms with Crippen LogP contribution in [0.4, 0.5) is 5.69 Å². The van der Waals surface area contributed by atoms with Crippen molar-refractivity contribution in [1.82, 2.24) is 0 Å². The van der Waals surface area contributed by atoms with Gasteiger partial charge in [-0.2, -0.15) is 0 Å². The van der Waals surface area contributed by atoms with Crippen LogP contribution in [0.1, 0.15) is 5.56 Å². The third kappa shape index (κ3) is 4.52. The lowest BCUT2D eigenvalue weighted by molar-refractivity contribution is -0.384. The Kier molecular flexibility index (Phi) is 4.87. The van der Waals surface area contributed by atoms with Crippen LogP contribution in [0.25, 0.3) is 0 Å². The van der Waals surface area contributed by atoms with Gasteiger partial charge in [0, 0.05) is 12.1 Å². The van der Waals surface area contributed by atoms with Crippen molar-refractivity contribution in [2.45, 2.75) is 6.92 Å². The Morgan fingerprint density at radius 3 is 2.38 bits per heavy atom. The number of carbonyl (C=O) groups is 1. The normalized spacial score (nSPS) is 8.08. The first kappa shape index (κ1) is 11.1. The fourth-order valence-electron chi connectivity index (χ4n) is 0.742. The zero-order valence-electron chi connectivity index (χ0n) is 7.01. The van der Waals surface area contributed by atoms with E-state index >= 15 is 0 Å². The molecule has 0 radical (unpaired) electrons. The molecule has 1 rings (SSSR count). The summed E-state index contributed by atoms with van der Waals surface area (Å²) in [5.74, 6) is 0. The summed E-state index contributed by atoms with van der Waals surface area (Å²) in [6, 6.07) is 6.52. The lowest BCUT2D eigenvalue weighted by atomic mass is 10.2. The van der Waals surface area contributed by atoms with Gasteiger partial charge in [-0.1, -0.05) is 12.1 Å². The summed E-state index contributed by atoms with van der Waals surface area (Å²) < 4.78 is 0. The standard InChI is InChI=1S/C7H7NO2.CH2O2/c1-6-3-2-4-7(5-6)8(9)10;2-1-3/h2-5H,1H3;1H,(H,2,3). The van der Waals surface area contributed by atoms with Crippen LogP contribution in [0.2, 0.25) is 0 Å². The van der Waals surface area contributed by atoms with Gasteiger partial charge in [0.15, 0.2) is 0 Å². The number of benzene rings is 1. The zero-order chi connectivity index (χ0) is 10.3. The highest BCUT2D eigenvalue weighted by Gasteiger charge is 2.01. The monoisotopic (exact) mass is 183 g/mol. The maximum Gasteiger partial charge on any atom is 0.290 e. The average Bonchev–Trinajstić information content (AvgIpc) is 2.05. The molecule has 0 aromatic heterocycles. The molecule has 0 saturated heterocycles. The SMILES string of the molecule is Cc1cccc([N+](=O)[O-])c1.O=CO. The molecule has 0 heterocycles. The minimum Gasteiger partial charge on any atom is -0.483 e. The molecular weight excluding hydrogens is 174 g/mol. The molecule has 1 aromatic carbocycles. The first-order valence-electron chi connectivity index (χ1n) is 3.40. The second-order valence-corrected chi connectivity index (χ2v) is 2.20. The van der Waals surface area contributed by atoms with E-state index in [2.05, 4.69) is 0 Å². The molecule has 0 aliphatic heterocycles. The second kappa shape index (κ2) is 5.70. The third-order valence-corrected chi connectivity index (χ3v) is 1.21. The van der Waals surface area contributed by atoms with E-state index in [0.29, 0.717) is 0 Å². The Hall–Kier alpha value is -1.91. The van der Waals surface area contributed by atoms with Crippen LogP contribution in [-0.2, 0) is 4.79 Å². The summed E-state index contributed by atoms with van der Waals surface area (Å²) >= 11 is 0. The first-order valence-corrected chi connectivity index (χ1v) is 3.40. The number of aryl methyl sites for hydroxylation is 1. The molecule has 0 atom stereocenters. The topological polar surface area (TPSA) is 80.4 Å². The number of nitro benzene ring substituents is 1. The molecular formula is C8H9NO4. The minimum atomic E-state index is -0.396. The molecule has 1 aromatic rings. The maximum absolute atomic E-state index is 10.2. The molecule has 70 valence electrons. The van der Waals surface area contributed by atoms with Crippen molar-refractivity contribution < 1.29 is 14.8 Å². The fourth-order valence-corrected chi connectivity index (χ4v) is 0.742. The van der Waals surface area contributed by atoms with Crippen molar-refractivity contribution >= 4 is 12.2 Å². The molecule has 0 unspecified atom stereocenters. The smallest absolute Gasteiger partial charge is 0.290 e. The maximum atomic E-state index is 10.2. The van der Waals surface area contributed by atoms with Crippen molar-refractivity contribution in [2.75, 3.05) is 0 Å². The van der Waals surface area contributed by atoms with Crippen molar-refractivity contribution in [1.29, 1.82) is 0 Å². The predicted octanol–water partition coefficient (Wildman–Crippen LogP) is 1.60. The summed E-state index contributed by atoms with van der Waals surface area (Å²) in [5, 5.41) is 17.0. The number of carboxylic acid groups (broad SMARTS) is 1. The minimum absolute atomic E-state index is 0.153. The molecule has 1 N–H and O–H groups in total. The molecule has 5 heteroatoms. The highest BCUT2D eigenvalue weighted by molar-refractivity contribution is 5.33. The summed E-state index contributed by atoms with van der Waals surface area (Å²) in [6.07, 6.45) is 0. The van der Waals surface area contributed by atoms with Crippen LogP contribution in [0.3, 0.4) is 0 Å². The van der Waals surface area contributed by atoms with Crippen molar-refractivity contribution in [3.8, 4) is 0 Å². The quantitative estimate of drug-likeness (QED) is 0.407. The van der Waals surface area contributed by atoms with E-state index in [1.54, 1.807) is 12.1 Å². The Morgan fingerprint density at radius 1 is 1.54 bits per heavy atom. The summed E-state index contributed by atoms with van der Waals surface area (Å²) in [6.45, 7) is 1.58. The lowest BCUT2D eigenvalue weighted by Gasteiger charge is -1.90. The van der Waals surface area contributed by atoms with Gasteiger partial charge in [-0.05, 0) is 12.5 Å². The molecule has 0 aliphatic carbocycles. The zero-order valence-corrected chi connectivity index (χ0v) is 7.01. The van der Waals surface area contributed by atoms with Crippen LogP contribution in [0.5, 0.6) is 0 Å². The second-order valence-electron chi connectivity index (χ2n) is 2.20. The van der Waals surface area contributed by atoms with E-state index in [4.69, 9.17) is 9.90 Å². The highest BCUT2D eigenvalue weighted by Crippen LogP contribution is 2.11. The van der Waals surface area contributed by atoms with Gasteiger partial charge in [-0.25, -0.2) is 0 Å². The number of rotatable bonds is 1. The van der Waals surface area contributed by atoms with E-state index in [1.807, 2.05) is 13.0 Å². The van der Waals surface area contributed by atoms with Crippen molar-refractivity contribution in [2.24, 2.45) is 0 Å².